The Hall–Kier alpha value is -0.950. The van der Waals surface area contributed by atoms with Crippen LogP contribution in [0.25, 0.3) is 0 Å². The van der Waals surface area contributed by atoms with E-state index in [0.717, 1.165) is 29.5 Å². The van der Waals surface area contributed by atoms with Gasteiger partial charge in [0.25, 0.3) is 0 Å². The minimum atomic E-state index is -3.53. The largest absolute Gasteiger partial charge is 0.380 e. The molecule has 3 N–H and O–H groups in total. The number of nitrogens with two attached hydrogens (primary N) is 1. The Labute approximate surface area is 120 Å². The maximum Gasteiger partial charge on any atom is 0.241 e. The average molecular weight is 298 g/mol. The van der Waals surface area contributed by atoms with Crippen LogP contribution in [0.2, 0.25) is 0 Å². The molecule has 1 saturated heterocycles. The van der Waals surface area contributed by atoms with E-state index in [4.69, 9.17) is 10.5 Å². The van der Waals surface area contributed by atoms with Gasteiger partial charge >= 0.3 is 0 Å². The van der Waals surface area contributed by atoms with Crippen molar-refractivity contribution in [2.75, 3.05) is 13.2 Å². The van der Waals surface area contributed by atoms with Crippen LogP contribution in [0.1, 0.15) is 29.5 Å². The van der Waals surface area contributed by atoms with E-state index < -0.39 is 10.0 Å². The summed E-state index contributed by atoms with van der Waals surface area (Å²) in [6.07, 6.45) is 1.70. The van der Waals surface area contributed by atoms with Crippen molar-refractivity contribution in [1.82, 2.24) is 4.72 Å². The van der Waals surface area contributed by atoms with Gasteiger partial charge in [0.05, 0.1) is 11.5 Å². The van der Waals surface area contributed by atoms with Crippen LogP contribution in [0.15, 0.2) is 17.0 Å². The highest BCUT2D eigenvalue weighted by Gasteiger charge is 2.24. The zero-order valence-electron chi connectivity index (χ0n) is 12.0. The van der Waals surface area contributed by atoms with E-state index in [1.807, 2.05) is 13.0 Å². The molecule has 20 heavy (non-hydrogen) atoms. The molecule has 0 aliphatic carbocycles. The third kappa shape index (κ3) is 3.38. The van der Waals surface area contributed by atoms with Gasteiger partial charge in [0.2, 0.25) is 10.0 Å². The summed E-state index contributed by atoms with van der Waals surface area (Å²) in [6.45, 7) is 5.22. The highest BCUT2D eigenvalue weighted by molar-refractivity contribution is 7.89. The first-order valence-corrected chi connectivity index (χ1v) is 8.32. The van der Waals surface area contributed by atoms with Crippen LogP contribution in [0.4, 0.5) is 0 Å². The number of nitrogens with one attached hydrogen (secondary N) is 1. The lowest BCUT2D eigenvalue weighted by Gasteiger charge is -2.23. The van der Waals surface area contributed by atoms with Crippen LogP contribution >= 0.6 is 0 Å². The van der Waals surface area contributed by atoms with Gasteiger partial charge in [-0.25, -0.2) is 13.1 Å². The highest BCUT2D eigenvalue weighted by atomic mass is 32.2. The van der Waals surface area contributed by atoms with Crippen LogP contribution < -0.4 is 10.5 Å². The first kappa shape index (κ1) is 15.4. The van der Waals surface area contributed by atoms with Gasteiger partial charge < -0.3 is 10.5 Å². The lowest BCUT2D eigenvalue weighted by molar-refractivity contribution is 0.0774. The number of benzene rings is 1. The number of rotatable bonds is 4. The molecular formula is C14H22N2O3S. The maximum atomic E-state index is 12.5. The first-order valence-electron chi connectivity index (χ1n) is 6.84. The van der Waals surface area contributed by atoms with Crippen molar-refractivity contribution in [2.45, 2.75) is 44.2 Å². The SMILES string of the molecule is Cc1cc(C)c(S(=O)(=O)NC2CCCOC2)cc1CN. The lowest BCUT2D eigenvalue weighted by atomic mass is 10.1. The monoisotopic (exact) mass is 298 g/mol. The van der Waals surface area contributed by atoms with Crippen LogP contribution in [-0.2, 0) is 21.3 Å². The molecule has 0 amide bonds. The zero-order valence-corrected chi connectivity index (χ0v) is 12.8. The number of hydrogen-bond donors (Lipinski definition) is 2. The predicted octanol–water partition coefficient (Wildman–Crippen LogP) is 1.22. The molecule has 1 heterocycles. The predicted molar refractivity (Wildman–Crippen MR) is 78.0 cm³/mol. The number of aryl methyl sites for hydroxylation is 2. The molecule has 2 rings (SSSR count). The first-order chi connectivity index (χ1) is 9.44. The molecule has 1 aromatic rings. The number of ether oxygens (including phenoxy) is 1. The van der Waals surface area contributed by atoms with E-state index in [9.17, 15) is 8.42 Å². The van der Waals surface area contributed by atoms with E-state index in [1.165, 1.54) is 0 Å². The smallest absolute Gasteiger partial charge is 0.241 e. The molecule has 1 fully saturated rings. The lowest BCUT2D eigenvalue weighted by Crippen LogP contribution is -2.40. The Bertz CT molecular complexity index is 578. The normalized spacial score (nSPS) is 20.1. The molecular weight excluding hydrogens is 276 g/mol. The molecule has 1 atom stereocenters. The Balaban J connectivity index is 2.28. The topological polar surface area (TPSA) is 81.4 Å². The summed E-state index contributed by atoms with van der Waals surface area (Å²) in [4.78, 5) is 0.314. The van der Waals surface area contributed by atoms with Crippen molar-refractivity contribution < 1.29 is 13.2 Å². The fraction of sp³-hybridized carbons (Fsp3) is 0.571. The van der Waals surface area contributed by atoms with Crippen molar-refractivity contribution in [3.8, 4) is 0 Å². The van der Waals surface area contributed by atoms with Gasteiger partial charge in [0, 0.05) is 19.2 Å². The third-order valence-electron chi connectivity index (χ3n) is 3.63. The van der Waals surface area contributed by atoms with Gasteiger partial charge in [-0.05, 0) is 49.4 Å². The van der Waals surface area contributed by atoms with Crippen molar-refractivity contribution in [3.63, 3.8) is 0 Å². The van der Waals surface area contributed by atoms with Gasteiger partial charge in [0.1, 0.15) is 0 Å². The summed E-state index contributed by atoms with van der Waals surface area (Å²) in [6, 6.07) is 3.40. The van der Waals surface area contributed by atoms with Crippen molar-refractivity contribution >= 4 is 10.0 Å². The Kier molecular flexibility index (Phi) is 4.80. The molecule has 5 nitrogen and oxygen atoms in total. The van der Waals surface area contributed by atoms with Gasteiger partial charge in [-0.3, -0.25) is 0 Å². The van der Waals surface area contributed by atoms with E-state index >= 15 is 0 Å². The van der Waals surface area contributed by atoms with E-state index in [0.29, 0.717) is 24.7 Å². The molecule has 6 heteroatoms. The van der Waals surface area contributed by atoms with E-state index in [-0.39, 0.29) is 6.04 Å². The van der Waals surface area contributed by atoms with Crippen molar-refractivity contribution in [3.05, 3.63) is 28.8 Å². The quantitative estimate of drug-likeness (QED) is 0.875. The van der Waals surface area contributed by atoms with E-state index in [2.05, 4.69) is 4.72 Å². The standard InChI is InChI=1S/C14H22N2O3S/c1-10-6-11(2)14(7-12(10)8-15)20(17,18)16-13-4-3-5-19-9-13/h6-7,13,16H,3-5,8-9,15H2,1-2H3. The molecule has 0 spiro atoms. The molecule has 0 saturated carbocycles. The minimum Gasteiger partial charge on any atom is -0.380 e. The molecule has 0 aromatic heterocycles. The Morgan fingerprint density at radius 1 is 1.35 bits per heavy atom. The Morgan fingerprint density at radius 3 is 2.70 bits per heavy atom. The molecule has 112 valence electrons. The minimum absolute atomic E-state index is 0.143. The summed E-state index contributed by atoms with van der Waals surface area (Å²) >= 11 is 0. The molecule has 0 radical (unpaired) electrons. The summed E-state index contributed by atoms with van der Waals surface area (Å²) in [5.74, 6) is 0. The van der Waals surface area contributed by atoms with Crippen LogP contribution in [0, 0.1) is 13.8 Å². The molecule has 0 bridgehead atoms. The third-order valence-corrected chi connectivity index (χ3v) is 5.29. The van der Waals surface area contributed by atoms with Crippen LogP contribution in [-0.4, -0.2) is 27.7 Å². The summed E-state index contributed by atoms with van der Waals surface area (Å²) < 4.78 is 33.0. The maximum absolute atomic E-state index is 12.5. The van der Waals surface area contributed by atoms with Crippen molar-refractivity contribution in [2.24, 2.45) is 5.73 Å². The molecule has 1 unspecified atom stereocenters. The second kappa shape index (κ2) is 6.22. The zero-order chi connectivity index (χ0) is 14.8. The second-order valence-electron chi connectivity index (χ2n) is 5.28. The molecule has 1 aliphatic heterocycles. The fourth-order valence-corrected chi connectivity index (χ4v) is 4.03. The molecule has 1 aromatic carbocycles. The van der Waals surface area contributed by atoms with Crippen LogP contribution in [0.5, 0.6) is 0 Å². The van der Waals surface area contributed by atoms with Crippen molar-refractivity contribution in [1.29, 1.82) is 0 Å². The van der Waals surface area contributed by atoms with Gasteiger partial charge in [0.15, 0.2) is 0 Å². The number of sulfonamides is 1. The average Bonchev–Trinajstić information content (AvgIpc) is 2.39. The van der Waals surface area contributed by atoms with Gasteiger partial charge in [-0.2, -0.15) is 0 Å². The summed E-state index contributed by atoms with van der Waals surface area (Å²) in [7, 11) is -3.53. The molecule has 1 aliphatic rings. The van der Waals surface area contributed by atoms with E-state index in [1.54, 1.807) is 13.0 Å². The second-order valence-corrected chi connectivity index (χ2v) is 6.97. The fourth-order valence-electron chi connectivity index (χ4n) is 2.50. The highest BCUT2D eigenvalue weighted by Crippen LogP contribution is 2.21. The van der Waals surface area contributed by atoms with Crippen LogP contribution in [0.3, 0.4) is 0 Å². The Morgan fingerprint density at radius 2 is 2.10 bits per heavy atom. The van der Waals surface area contributed by atoms with Gasteiger partial charge in [-0.15, -0.1) is 0 Å². The van der Waals surface area contributed by atoms with Gasteiger partial charge in [-0.1, -0.05) is 6.07 Å². The summed E-state index contributed by atoms with van der Waals surface area (Å²) in [5, 5.41) is 0. The number of hydrogen-bond acceptors (Lipinski definition) is 4. The summed E-state index contributed by atoms with van der Waals surface area (Å²) in [5.41, 5.74) is 8.28.